The van der Waals surface area contributed by atoms with Gasteiger partial charge in [-0.05, 0) is 17.8 Å². The average molecular weight is 261 g/mol. The molecule has 0 saturated carbocycles. The molecule has 0 bridgehead atoms. The lowest BCUT2D eigenvalue weighted by Crippen LogP contribution is -1.98. The van der Waals surface area contributed by atoms with E-state index in [-0.39, 0.29) is 6.61 Å². The number of aliphatic hydroxyl groups is 1. The predicted molar refractivity (Wildman–Crippen MR) is 66.2 cm³/mol. The third kappa shape index (κ3) is 1.87. The second-order valence-corrected chi connectivity index (χ2v) is 4.74. The average Bonchev–Trinajstić information content (AvgIpc) is 2.97. The number of hydrogen-bond acceptors (Lipinski definition) is 5. The Balaban J connectivity index is 1.93. The summed E-state index contributed by atoms with van der Waals surface area (Å²) in [5.41, 5.74) is 1.58. The van der Waals surface area contributed by atoms with Crippen LogP contribution in [0.15, 0.2) is 40.9 Å². The van der Waals surface area contributed by atoms with Crippen LogP contribution in [0.5, 0.6) is 0 Å². The summed E-state index contributed by atoms with van der Waals surface area (Å²) < 4.78 is 3.56. The predicted octanol–water partition coefficient (Wildman–Crippen LogP) is 1.11. The minimum absolute atomic E-state index is 0.0147. The molecule has 0 fully saturated rings. The molecule has 0 aliphatic rings. The fourth-order valence-corrected chi connectivity index (χ4v) is 2.43. The van der Waals surface area contributed by atoms with Crippen molar-refractivity contribution in [2.75, 3.05) is 0 Å². The van der Waals surface area contributed by atoms with Crippen molar-refractivity contribution >= 4 is 17.4 Å². The van der Waals surface area contributed by atoms with E-state index >= 15 is 0 Å². The van der Waals surface area contributed by atoms with E-state index in [0.717, 1.165) is 21.5 Å². The molecule has 92 valence electrons. The first-order valence-corrected chi connectivity index (χ1v) is 6.19. The van der Waals surface area contributed by atoms with E-state index in [1.165, 1.54) is 11.8 Å². The van der Waals surface area contributed by atoms with Crippen molar-refractivity contribution in [3.8, 4) is 0 Å². The van der Waals surface area contributed by atoms with Crippen molar-refractivity contribution in [2.24, 2.45) is 7.05 Å². The molecule has 0 aromatic carbocycles. The summed E-state index contributed by atoms with van der Waals surface area (Å²) in [6.07, 6.45) is 5.24. The minimum atomic E-state index is -0.0147. The zero-order valence-electron chi connectivity index (χ0n) is 9.69. The van der Waals surface area contributed by atoms with E-state index in [9.17, 15) is 0 Å². The third-order valence-corrected chi connectivity index (χ3v) is 3.63. The van der Waals surface area contributed by atoms with E-state index in [1.54, 1.807) is 16.9 Å². The summed E-state index contributed by atoms with van der Waals surface area (Å²) in [4.78, 5) is 8.71. The maximum absolute atomic E-state index is 9.11. The topological polar surface area (TPSA) is 68.2 Å². The van der Waals surface area contributed by atoms with Gasteiger partial charge in [-0.25, -0.2) is 14.5 Å². The van der Waals surface area contributed by atoms with Crippen molar-refractivity contribution in [3.63, 3.8) is 0 Å². The highest BCUT2D eigenvalue weighted by atomic mass is 32.2. The molecule has 0 aliphatic carbocycles. The van der Waals surface area contributed by atoms with Gasteiger partial charge in [-0.3, -0.25) is 0 Å². The Hall–Kier alpha value is -1.86. The number of fused-ring (bicyclic) bond motifs is 1. The normalized spacial score (nSPS) is 11.2. The molecule has 18 heavy (non-hydrogen) atoms. The Kier molecular flexibility index (Phi) is 2.77. The van der Waals surface area contributed by atoms with Gasteiger partial charge in [0.1, 0.15) is 5.03 Å². The minimum Gasteiger partial charge on any atom is -0.390 e. The first-order valence-electron chi connectivity index (χ1n) is 5.37. The molecule has 3 aromatic heterocycles. The number of hydrogen-bond donors (Lipinski definition) is 1. The van der Waals surface area contributed by atoms with Gasteiger partial charge in [0.05, 0.1) is 24.7 Å². The highest BCUT2D eigenvalue weighted by Gasteiger charge is 2.08. The van der Waals surface area contributed by atoms with Crippen molar-refractivity contribution in [2.45, 2.75) is 16.8 Å². The smallest absolute Gasteiger partial charge is 0.174 e. The van der Waals surface area contributed by atoms with Gasteiger partial charge in [0.2, 0.25) is 0 Å². The van der Waals surface area contributed by atoms with Gasteiger partial charge < -0.3 is 9.67 Å². The molecule has 3 heterocycles. The zero-order valence-corrected chi connectivity index (χ0v) is 10.5. The summed E-state index contributed by atoms with van der Waals surface area (Å²) in [6.45, 7) is -0.0147. The highest BCUT2D eigenvalue weighted by molar-refractivity contribution is 7.99. The van der Waals surface area contributed by atoms with Crippen molar-refractivity contribution in [3.05, 3.63) is 36.4 Å². The zero-order chi connectivity index (χ0) is 12.5. The largest absolute Gasteiger partial charge is 0.390 e. The Morgan fingerprint density at radius 1 is 1.39 bits per heavy atom. The maximum Gasteiger partial charge on any atom is 0.174 e. The second kappa shape index (κ2) is 4.43. The molecule has 0 saturated heterocycles. The molecule has 0 aliphatic heterocycles. The molecule has 6 nitrogen and oxygen atoms in total. The number of rotatable bonds is 3. The molecule has 1 N–H and O–H groups in total. The molecule has 0 spiro atoms. The molecular formula is C11H11N5OS. The molecule has 3 rings (SSSR count). The summed E-state index contributed by atoms with van der Waals surface area (Å²) in [5, 5.41) is 14.9. The molecule has 0 atom stereocenters. The van der Waals surface area contributed by atoms with E-state index in [4.69, 9.17) is 5.11 Å². The highest BCUT2D eigenvalue weighted by Crippen LogP contribution is 2.25. The quantitative estimate of drug-likeness (QED) is 0.715. The van der Waals surface area contributed by atoms with Gasteiger partial charge in [0.25, 0.3) is 0 Å². The van der Waals surface area contributed by atoms with E-state index < -0.39 is 0 Å². The molecule has 7 heteroatoms. The Morgan fingerprint density at radius 3 is 3.06 bits per heavy atom. The standard InChI is InChI=1S/C11H11N5OS/c1-15-8(7-17)6-12-11(15)18-10-3-5-16-9(14-10)2-4-13-16/h2-6,17H,7H2,1H3. The Labute approximate surface area is 107 Å². The van der Waals surface area contributed by atoms with Gasteiger partial charge in [-0.15, -0.1) is 0 Å². The molecule has 0 amide bonds. The molecule has 3 aromatic rings. The lowest BCUT2D eigenvalue weighted by Gasteiger charge is -2.03. The van der Waals surface area contributed by atoms with Crippen LogP contribution in [0.1, 0.15) is 5.69 Å². The van der Waals surface area contributed by atoms with Crippen LogP contribution in [-0.4, -0.2) is 29.3 Å². The Bertz CT molecular complexity index is 690. The summed E-state index contributed by atoms with van der Waals surface area (Å²) >= 11 is 1.46. The number of imidazole rings is 1. The van der Waals surface area contributed by atoms with Crippen LogP contribution in [0.4, 0.5) is 0 Å². The van der Waals surface area contributed by atoms with Crippen molar-refractivity contribution < 1.29 is 5.11 Å². The number of aromatic nitrogens is 5. The van der Waals surface area contributed by atoms with Crippen LogP contribution < -0.4 is 0 Å². The van der Waals surface area contributed by atoms with E-state index in [0.29, 0.717) is 0 Å². The maximum atomic E-state index is 9.11. The lowest BCUT2D eigenvalue weighted by molar-refractivity contribution is 0.271. The molecular weight excluding hydrogens is 250 g/mol. The van der Waals surface area contributed by atoms with Crippen LogP contribution >= 0.6 is 11.8 Å². The van der Waals surface area contributed by atoms with Crippen LogP contribution in [0.25, 0.3) is 5.65 Å². The van der Waals surface area contributed by atoms with Gasteiger partial charge in [0, 0.05) is 19.3 Å². The van der Waals surface area contributed by atoms with Gasteiger partial charge >= 0.3 is 0 Å². The van der Waals surface area contributed by atoms with Gasteiger partial charge in [0.15, 0.2) is 10.8 Å². The van der Waals surface area contributed by atoms with Crippen LogP contribution in [0.2, 0.25) is 0 Å². The summed E-state index contributed by atoms with van der Waals surface area (Å²) in [5.74, 6) is 0. The SMILES string of the molecule is Cn1c(CO)cnc1Sc1ccn2nccc2n1. The second-order valence-electron chi connectivity index (χ2n) is 3.75. The monoisotopic (exact) mass is 261 g/mol. The fourth-order valence-electron chi connectivity index (χ4n) is 1.61. The van der Waals surface area contributed by atoms with Crippen molar-refractivity contribution in [1.82, 2.24) is 24.1 Å². The molecule has 0 unspecified atom stereocenters. The molecule has 0 radical (unpaired) electrons. The Morgan fingerprint density at radius 2 is 2.28 bits per heavy atom. The first-order chi connectivity index (χ1) is 8.78. The van der Waals surface area contributed by atoms with Gasteiger partial charge in [-0.1, -0.05) is 0 Å². The summed E-state index contributed by atoms with van der Waals surface area (Å²) in [7, 11) is 1.87. The van der Waals surface area contributed by atoms with Crippen LogP contribution in [-0.2, 0) is 13.7 Å². The van der Waals surface area contributed by atoms with Gasteiger partial charge in [-0.2, -0.15) is 5.10 Å². The van der Waals surface area contributed by atoms with E-state index in [2.05, 4.69) is 15.1 Å². The number of nitrogens with zero attached hydrogens (tertiary/aromatic N) is 5. The summed E-state index contributed by atoms with van der Waals surface area (Å²) in [6, 6.07) is 3.74. The van der Waals surface area contributed by atoms with Crippen LogP contribution in [0.3, 0.4) is 0 Å². The van der Waals surface area contributed by atoms with E-state index in [1.807, 2.05) is 29.9 Å². The van der Waals surface area contributed by atoms with Crippen LogP contribution in [0, 0.1) is 0 Å². The third-order valence-electron chi connectivity index (χ3n) is 2.63. The lowest BCUT2D eigenvalue weighted by atomic mass is 10.5. The first kappa shape index (κ1) is 11.2. The van der Waals surface area contributed by atoms with Crippen molar-refractivity contribution in [1.29, 1.82) is 0 Å². The number of aliphatic hydroxyl groups excluding tert-OH is 1. The fraction of sp³-hybridized carbons (Fsp3) is 0.182.